The molecular weight excluding hydrogens is 240 g/mol. The van der Waals surface area contributed by atoms with Crippen LogP contribution in [0.5, 0.6) is 5.75 Å². The lowest BCUT2D eigenvalue weighted by atomic mass is 10.2. The Morgan fingerprint density at radius 2 is 1.61 bits per heavy atom. The number of esters is 2. The number of carbonyl (C=O) groups is 3. The predicted molar refractivity (Wildman–Crippen MR) is 59.9 cm³/mol. The monoisotopic (exact) mass is 252 g/mol. The number of hydrogen-bond acceptors (Lipinski definition) is 6. The standard InChI is InChI=1S/C12H12O6/c1-16-11(14)9(13)10(12(15)17-2)18-8-6-4-3-5-7-8/h3-7,10H,1-2H3. The fourth-order valence-corrected chi connectivity index (χ4v) is 1.16. The van der Waals surface area contributed by atoms with Gasteiger partial charge in [-0.1, -0.05) is 18.2 Å². The second-order valence-corrected chi connectivity index (χ2v) is 3.19. The minimum absolute atomic E-state index is 0.269. The van der Waals surface area contributed by atoms with Gasteiger partial charge >= 0.3 is 11.9 Å². The first-order chi connectivity index (χ1) is 8.60. The number of rotatable bonds is 5. The molecular formula is C12H12O6. The number of methoxy groups -OCH3 is 2. The summed E-state index contributed by atoms with van der Waals surface area (Å²) in [5, 5.41) is 0. The zero-order valence-electron chi connectivity index (χ0n) is 9.91. The molecule has 0 aliphatic carbocycles. The molecule has 18 heavy (non-hydrogen) atoms. The number of benzene rings is 1. The summed E-state index contributed by atoms with van der Waals surface area (Å²) in [5.74, 6) is -2.98. The van der Waals surface area contributed by atoms with E-state index in [0.717, 1.165) is 14.2 Å². The fourth-order valence-electron chi connectivity index (χ4n) is 1.16. The van der Waals surface area contributed by atoms with Gasteiger partial charge in [0.05, 0.1) is 14.2 Å². The normalized spacial score (nSPS) is 11.2. The van der Waals surface area contributed by atoms with Gasteiger partial charge in [-0.05, 0) is 12.1 Å². The van der Waals surface area contributed by atoms with Crippen molar-refractivity contribution in [3.63, 3.8) is 0 Å². The first-order valence-electron chi connectivity index (χ1n) is 5.01. The Kier molecular flexibility index (Phi) is 4.86. The average Bonchev–Trinajstić information content (AvgIpc) is 2.43. The Balaban J connectivity index is 2.89. The van der Waals surface area contributed by atoms with Gasteiger partial charge in [0.2, 0.25) is 0 Å². The van der Waals surface area contributed by atoms with Crippen molar-refractivity contribution in [2.24, 2.45) is 0 Å². The van der Waals surface area contributed by atoms with Gasteiger partial charge < -0.3 is 14.2 Å². The van der Waals surface area contributed by atoms with Crippen LogP contribution < -0.4 is 4.74 Å². The third-order valence-corrected chi connectivity index (χ3v) is 2.04. The highest BCUT2D eigenvalue weighted by Crippen LogP contribution is 2.12. The molecule has 96 valence electrons. The largest absolute Gasteiger partial charge is 0.470 e. The topological polar surface area (TPSA) is 78.9 Å². The van der Waals surface area contributed by atoms with E-state index in [1.165, 1.54) is 0 Å². The Labute approximate surface area is 103 Å². The molecule has 6 heteroatoms. The fraction of sp³-hybridized carbons (Fsp3) is 0.250. The van der Waals surface area contributed by atoms with Crippen LogP contribution in [0, 0.1) is 0 Å². The molecule has 0 saturated heterocycles. The van der Waals surface area contributed by atoms with Crippen molar-refractivity contribution < 1.29 is 28.6 Å². The highest BCUT2D eigenvalue weighted by atomic mass is 16.6. The van der Waals surface area contributed by atoms with E-state index < -0.39 is 23.8 Å². The number of ketones is 1. The number of Topliss-reactive ketones (excluding diaryl/α,β-unsaturated/α-hetero) is 1. The van der Waals surface area contributed by atoms with Crippen molar-refractivity contribution in [2.75, 3.05) is 14.2 Å². The third-order valence-electron chi connectivity index (χ3n) is 2.04. The minimum atomic E-state index is -1.66. The van der Waals surface area contributed by atoms with Crippen LogP contribution in [0.4, 0.5) is 0 Å². The first kappa shape index (κ1) is 13.7. The van der Waals surface area contributed by atoms with Gasteiger partial charge in [0.1, 0.15) is 5.75 Å². The van der Waals surface area contributed by atoms with Gasteiger partial charge in [0, 0.05) is 0 Å². The van der Waals surface area contributed by atoms with Crippen LogP contribution in [0.15, 0.2) is 30.3 Å². The van der Waals surface area contributed by atoms with Gasteiger partial charge in [-0.3, -0.25) is 4.79 Å². The molecule has 1 unspecified atom stereocenters. The highest BCUT2D eigenvalue weighted by molar-refractivity contribution is 6.39. The zero-order valence-corrected chi connectivity index (χ0v) is 9.91. The van der Waals surface area contributed by atoms with Crippen LogP contribution in [0.1, 0.15) is 0 Å². The van der Waals surface area contributed by atoms with E-state index in [4.69, 9.17) is 4.74 Å². The Bertz CT molecular complexity index is 439. The van der Waals surface area contributed by atoms with Gasteiger partial charge in [-0.2, -0.15) is 0 Å². The highest BCUT2D eigenvalue weighted by Gasteiger charge is 2.35. The van der Waals surface area contributed by atoms with Gasteiger partial charge in [-0.15, -0.1) is 0 Å². The second-order valence-electron chi connectivity index (χ2n) is 3.19. The maximum absolute atomic E-state index is 11.6. The molecule has 0 fully saturated rings. The quantitative estimate of drug-likeness (QED) is 0.427. The van der Waals surface area contributed by atoms with E-state index in [0.29, 0.717) is 0 Å². The van der Waals surface area contributed by atoms with E-state index in [9.17, 15) is 14.4 Å². The summed E-state index contributed by atoms with van der Waals surface area (Å²) in [5.41, 5.74) is 0. The number of carbonyl (C=O) groups excluding carboxylic acids is 3. The molecule has 0 aromatic heterocycles. The lowest BCUT2D eigenvalue weighted by molar-refractivity contribution is -0.162. The van der Waals surface area contributed by atoms with Crippen LogP contribution in [0.3, 0.4) is 0 Å². The van der Waals surface area contributed by atoms with Crippen molar-refractivity contribution >= 4 is 17.7 Å². The Hall–Kier alpha value is -2.37. The molecule has 6 nitrogen and oxygen atoms in total. The van der Waals surface area contributed by atoms with Crippen LogP contribution >= 0.6 is 0 Å². The van der Waals surface area contributed by atoms with Gasteiger partial charge in [-0.25, -0.2) is 9.59 Å². The molecule has 0 radical (unpaired) electrons. The maximum Gasteiger partial charge on any atom is 0.379 e. The van der Waals surface area contributed by atoms with E-state index >= 15 is 0 Å². The summed E-state index contributed by atoms with van der Waals surface area (Å²) >= 11 is 0. The van der Waals surface area contributed by atoms with Crippen molar-refractivity contribution in [3.05, 3.63) is 30.3 Å². The molecule has 0 N–H and O–H groups in total. The van der Waals surface area contributed by atoms with Crippen LogP contribution in [0.2, 0.25) is 0 Å². The first-order valence-corrected chi connectivity index (χ1v) is 5.01. The smallest absolute Gasteiger partial charge is 0.379 e. The molecule has 0 saturated carbocycles. The minimum Gasteiger partial charge on any atom is -0.470 e. The van der Waals surface area contributed by atoms with Gasteiger partial charge in [0.15, 0.2) is 0 Å². The maximum atomic E-state index is 11.6. The number of hydrogen-bond donors (Lipinski definition) is 0. The van der Waals surface area contributed by atoms with Crippen molar-refractivity contribution in [2.45, 2.75) is 6.10 Å². The second kappa shape index (κ2) is 6.39. The summed E-state index contributed by atoms with van der Waals surface area (Å²) in [6, 6.07) is 8.14. The molecule has 0 heterocycles. The molecule has 1 aromatic rings. The lowest BCUT2D eigenvalue weighted by Crippen LogP contribution is -2.41. The number of para-hydroxylation sites is 1. The zero-order chi connectivity index (χ0) is 13.5. The summed E-state index contributed by atoms with van der Waals surface area (Å²) < 4.78 is 13.8. The molecule has 0 spiro atoms. The third kappa shape index (κ3) is 3.31. The molecule has 1 rings (SSSR count). The van der Waals surface area contributed by atoms with Crippen molar-refractivity contribution in [3.8, 4) is 5.75 Å². The molecule has 0 amide bonds. The SMILES string of the molecule is COC(=O)C(=O)C(Oc1ccccc1)C(=O)OC. The predicted octanol–water partition coefficient (Wildman–Crippen LogP) is 0.349. The summed E-state index contributed by atoms with van der Waals surface area (Å²) in [6.07, 6.45) is -1.66. The van der Waals surface area contributed by atoms with E-state index in [-0.39, 0.29) is 5.75 Å². The van der Waals surface area contributed by atoms with Crippen molar-refractivity contribution in [1.82, 2.24) is 0 Å². The van der Waals surface area contributed by atoms with Crippen LogP contribution in [0.25, 0.3) is 0 Å². The van der Waals surface area contributed by atoms with E-state index in [1.807, 2.05) is 0 Å². The molecule has 0 aliphatic rings. The Morgan fingerprint density at radius 3 is 2.11 bits per heavy atom. The van der Waals surface area contributed by atoms with Crippen LogP contribution in [-0.2, 0) is 23.9 Å². The molecule has 0 aliphatic heterocycles. The van der Waals surface area contributed by atoms with Crippen LogP contribution in [-0.4, -0.2) is 38.0 Å². The lowest BCUT2D eigenvalue weighted by Gasteiger charge is -2.14. The van der Waals surface area contributed by atoms with Crippen molar-refractivity contribution in [1.29, 1.82) is 0 Å². The molecule has 1 aromatic carbocycles. The van der Waals surface area contributed by atoms with E-state index in [2.05, 4.69) is 9.47 Å². The molecule has 1 atom stereocenters. The summed E-state index contributed by atoms with van der Waals surface area (Å²) in [4.78, 5) is 34.1. The number of ether oxygens (including phenoxy) is 3. The Morgan fingerprint density at radius 1 is 1.00 bits per heavy atom. The van der Waals surface area contributed by atoms with Gasteiger partial charge in [0.25, 0.3) is 11.9 Å². The van der Waals surface area contributed by atoms with E-state index in [1.54, 1.807) is 30.3 Å². The average molecular weight is 252 g/mol. The summed E-state index contributed by atoms with van der Waals surface area (Å²) in [7, 11) is 2.13. The molecule has 0 bridgehead atoms. The summed E-state index contributed by atoms with van der Waals surface area (Å²) in [6.45, 7) is 0.